The number of aromatic nitrogens is 1. The van der Waals surface area contributed by atoms with Crippen molar-refractivity contribution in [3.05, 3.63) is 59.2 Å². The van der Waals surface area contributed by atoms with Crippen molar-refractivity contribution in [2.45, 2.75) is 20.1 Å². The molecule has 0 spiro atoms. The van der Waals surface area contributed by atoms with E-state index in [1.807, 2.05) is 13.0 Å². The summed E-state index contributed by atoms with van der Waals surface area (Å²) in [5.74, 6) is 0.101. The zero-order valence-electron chi connectivity index (χ0n) is 10.1. The molecule has 0 atom stereocenters. The lowest BCUT2D eigenvalue weighted by Crippen LogP contribution is -2.00. The first-order valence-electron chi connectivity index (χ1n) is 5.61. The molecule has 0 aliphatic heterocycles. The topological polar surface area (TPSA) is 42.4 Å². The van der Waals surface area contributed by atoms with E-state index in [1.54, 1.807) is 12.4 Å². The molecule has 2 aromatic rings. The Morgan fingerprint density at radius 2 is 2.11 bits per heavy atom. The van der Waals surface area contributed by atoms with Gasteiger partial charge in [0.25, 0.3) is 0 Å². The first kappa shape index (κ1) is 12.5. The molecule has 2 rings (SSSR count). The molecule has 94 valence electrons. The lowest BCUT2D eigenvalue weighted by molar-refractivity contribution is 0.258. The number of rotatable bonds is 4. The highest BCUT2D eigenvalue weighted by Crippen LogP contribution is 2.20. The van der Waals surface area contributed by atoms with E-state index >= 15 is 0 Å². The first-order chi connectivity index (χ1) is 8.69. The third kappa shape index (κ3) is 3.05. The fourth-order valence-corrected chi connectivity index (χ4v) is 1.67. The summed E-state index contributed by atoms with van der Waals surface area (Å²) in [6.45, 7) is 2.04. The van der Waals surface area contributed by atoms with E-state index in [-0.39, 0.29) is 12.4 Å². The van der Waals surface area contributed by atoms with Gasteiger partial charge in [0.05, 0.1) is 6.61 Å². The number of aryl methyl sites for hydroxylation is 1. The number of nitrogens with zero attached hydrogens (tertiary/aromatic N) is 1. The Morgan fingerprint density at radius 3 is 2.83 bits per heavy atom. The zero-order valence-corrected chi connectivity index (χ0v) is 10.1. The van der Waals surface area contributed by atoms with Crippen LogP contribution in [0.1, 0.15) is 16.7 Å². The highest BCUT2D eigenvalue weighted by Gasteiger charge is 2.05. The van der Waals surface area contributed by atoms with Crippen LogP contribution in [-0.4, -0.2) is 10.1 Å². The van der Waals surface area contributed by atoms with Gasteiger partial charge in [0.1, 0.15) is 18.2 Å². The summed E-state index contributed by atoms with van der Waals surface area (Å²) in [5, 5.41) is 9.13. The molecule has 1 aromatic heterocycles. The Kier molecular flexibility index (Phi) is 3.89. The molecule has 1 aromatic carbocycles. The normalized spacial score (nSPS) is 10.4. The molecule has 0 radical (unpaired) electrons. The molecule has 1 N–H and O–H groups in total. The van der Waals surface area contributed by atoms with Crippen LogP contribution < -0.4 is 4.74 Å². The molecule has 0 fully saturated rings. The van der Waals surface area contributed by atoms with Crippen molar-refractivity contribution in [1.82, 2.24) is 4.98 Å². The molecule has 1 heterocycles. The summed E-state index contributed by atoms with van der Waals surface area (Å²) in [5.41, 5.74) is 2.43. The predicted octanol–water partition coefficient (Wildman–Crippen LogP) is 2.60. The van der Waals surface area contributed by atoms with Gasteiger partial charge in [-0.3, -0.25) is 4.98 Å². The number of aliphatic hydroxyl groups excluding tert-OH is 1. The molecular weight excluding hydrogens is 233 g/mol. The van der Waals surface area contributed by atoms with Crippen LogP contribution in [0.5, 0.6) is 5.75 Å². The molecule has 0 saturated heterocycles. The van der Waals surface area contributed by atoms with Gasteiger partial charge in [-0.25, -0.2) is 4.39 Å². The zero-order chi connectivity index (χ0) is 13.0. The van der Waals surface area contributed by atoms with Gasteiger partial charge in [0.2, 0.25) is 0 Å². The Labute approximate surface area is 105 Å². The molecule has 0 aliphatic carbocycles. The van der Waals surface area contributed by atoms with E-state index in [0.717, 1.165) is 11.1 Å². The fraction of sp³-hybridized carbons (Fsp3) is 0.214. The average molecular weight is 247 g/mol. The first-order valence-corrected chi connectivity index (χ1v) is 5.61. The smallest absolute Gasteiger partial charge is 0.125 e. The van der Waals surface area contributed by atoms with Crippen LogP contribution in [0.25, 0.3) is 0 Å². The maximum absolute atomic E-state index is 13.0. The Balaban J connectivity index is 2.10. The van der Waals surface area contributed by atoms with Gasteiger partial charge in [0.15, 0.2) is 0 Å². The number of aliphatic hydroxyl groups is 1. The van der Waals surface area contributed by atoms with Crippen LogP contribution in [0.4, 0.5) is 4.39 Å². The molecular formula is C14H14FNO2. The summed E-state index contributed by atoms with van der Waals surface area (Å²) in [4.78, 5) is 4.06. The minimum atomic E-state index is -0.386. The summed E-state index contributed by atoms with van der Waals surface area (Å²) in [6, 6.07) is 6.06. The molecule has 0 bridgehead atoms. The van der Waals surface area contributed by atoms with Crippen molar-refractivity contribution in [3.63, 3.8) is 0 Å². The van der Waals surface area contributed by atoms with Crippen LogP contribution in [0.2, 0.25) is 0 Å². The highest BCUT2D eigenvalue weighted by molar-refractivity contribution is 5.33. The van der Waals surface area contributed by atoms with Crippen molar-refractivity contribution < 1.29 is 14.2 Å². The minimum Gasteiger partial charge on any atom is -0.488 e. The summed E-state index contributed by atoms with van der Waals surface area (Å²) >= 11 is 0. The molecule has 0 unspecified atom stereocenters. The largest absolute Gasteiger partial charge is 0.488 e. The maximum Gasteiger partial charge on any atom is 0.125 e. The van der Waals surface area contributed by atoms with E-state index < -0.39 is 0 Å². The van der Waals surface area contributed by atoms with Gasteiger partial charge in [-0.05, 0) is 36.8 Å². The number of halogens is 1. The minimum absolute atomic E-state index is 0.251. The SMILES string of the molecule is Cc1cncc(COc2ccc(F)cc2CO)c1. The highest BCUT2D eigenvalue weighted by atomic mass is 19.1. The maximum atomic E-state index is 13.0. The van der Waals surface area contributed by atoms with Gasteiger partial charge in [-0.1, -0.05) is 0 Å². The summed E-state index contributed by atoms with van der Waals surface area (Å²) in [6.07, 6.45) is 3.48. The number of ether oxygens (including phenoxy) is 1. The molecule has 0 amide bonds. The lowest BCUT2D eigenvalue weighted by Gasteiger charge is -2.10. The van der Waals surface area contributed by atoms with E-state index in [2.05, 4.69) is 4.98 Å². The fourth-order valence-electron chi connectivity index (χ4n) is 1.67. The van der Waals surface area contributed by atoms with Crippen LogP contribution in [0.3, 0.4) is 0 Å². The van der Waals surface area contributed by atoms with E-state index in [1.165, 1.54) is 18.2 Å². The third-order valence-corrected chi connectivity index (χ3v) is 2.52. The number of hydrogen-bond acceptors (Lipinski definition) is 3. The van der Waals surface area contributed by atoms with Crippen LogP contribution in [0.15, 0.2) is 36.7 Å². The monoisotopic (exact) mass is 247 g/mol. The predicted molar refractivity (Wildman–Crippen MR) is 65.6 cm³/mol. The Hall–Kier alpha value is -1.94. The quantitative estimate of drug-likeness (QED) is 0.903. The van der Waals surface area contributed by atoms with Gasteiger partial charge in [-0.2, -0.15) is 0 Å². The summed E-state index contributed by atoms with van der Waals surface area (Å²) in [7, 11) is 0. The molecule has 0 aliphatic rings. The summed E-state index contributed by atoms with van der Waals surface area (Å²) < 4.78 is 18.5. The Morgan fingerprint density at radius 1 is 1.28 bits per heavy atom. The number of benzene rings is 1. The van der Waals surface area contributed by atoms with Crippen molar-refractivity contribution in [1.29, 1.82) is 0 Å². The lowest BCUT2D eigenvalue weighted by atomic mass is 10.2. The second kappa shape index (κ2) is 5.60. The van der Waals surface area contributed by atoms with Crippen LogP contribution >= 0.6 is 0 Å². The Bertz CT molecular complexity index is 543. The second-order valence-electron chi connectivity index (χ2n) is 4.07. The van der Waals surface area contributed by atoms with Gasteiger partial charge in [-0.15, -0.1) is 0 Å². The van der Waals surface area contributed by atoms with Crippen LogP contribution in [-0.2, 0) is 13.2 Å². The van der Waals surface area contributed by atoms with Crippen molar-refractivity contribution in [2.24, 2.45) is 0 Å². The van der Waals surface area contributed by atoms with Crippen molar-refractivity contribution in [2.75, 3.05) is 0 Å². The van der Waals surface area contributed by atoms with E-state index in [4.69, 9.17) is 9.84 Å². The number of hydrogen-bond donors (Lipinski definition) is 1. The van der Waals surface area contributed by atoms with Gasteiger partial charge >= 0.3 is 0 Å². The number of pyridine rings is 1. The standard InChI is InChI=1S/C14H14FNO2/c1-10-4-11(7-16-6-10)9-18-14-3-2-13(15)5-12(14)8-17/h2-7,17H,8-9H2,1H3. The van der Waals surface area contributed by atoms with E-state index in [9.17, 15) is 4.39 Å². The average Bonchev–Trinajstić information content (AvgIpc) is 2.37. The van der Waals surface area contributed by atoms with Gasteiger partial charge < -0.3 is 9.84 Å². The van der Waals surface area contributed by atoms with Crippen LogP contribution in [0, 0.1) is 12.7 Å². The van der Waals surface area contributed by atoms with Crippen molar-refractivity contribution >= 4 is 0 Å². The second-order valence-corrected chi connectivity index (χ2v) is 4.07. The third-order valence-electron chi connectivity index (χ3n) is 2.52. The molecule has 18 heavy (non-hydrogen) atoms. The van der Waals surface area contributed by atoms with E-state index in [0.29, 0.717) is 17.9 Å². The van der Waals surface area contributed by atoms with Crippen molar-refractivity contribution in [3.8, 4) is 5.75 Å². The molecule has 0 saturated carbocycles. The van der Waals surface area contributed by atoms with Gasteiger partial charge in [0, 0.05) is 23.5 Å². The molecule has 4 heteroatoms. The molecule has 3 nitrogen and oxygen atoms in total.